The minimum Gasteiger partial charge on any atom is -0.313 e. The van der Waals surface area contributed by atoms with Gasteiger partial charge in [0.25, 0.3) is 0 Å². The normalized spacial score (nSPS) is 16.5. The second-order valence-electron chi connectivity index (χ2n) is 3.40. The number of carbonyl (C=O) groups excluding carboxylic acids is 1. The zero-order valence-electron chi connectivity index (χ0n) is 8.17. The van der Waals surface area contributed by atoms with Gasteiger partial charge in [-0.1, -0.05) is 6.08 Å². The van der Waals surface area contributed by atoms with Gasteiger partial charge in [-0.05, 0) is 42.5 Å². The number of thiophene rings is 1. The highest BCUT2D eigenvalue weighted by Crippen LogP contribution is 2.27. The Morgan fingerprint density at radius 3 is 3.07 bits per heavy atom. The number of rotatable bonds is 2. The summed E-state index contributed by atoms with van der Waals surface area (Å²) < 4.78 is 0. The molecule has 0 saturated carbocycles. The fourth-order valence-electron chi connectivity index (χ4n) is 1.70. The second kappa shape index (κ2) is 4.07. The highest BCUT2D eigenvalue weighted by atomic mass is 32.1. The first-order valence-electron chi connectivity index (χ1n) is 4.77. The number of ketones is 1. The van der Waals surface area contributed by atoms with Crippen molar-refractivity contribution in [3.05, 3.63) is 28.0 Å². The Balaban J connectivity index is 2.35. The van der Waals surface area contributed by atoms with Crippen LogP contribution in [0.15, 0.2) is 17.5 Å². The largest absolute Gasteiger partial charge is 0.313 e. The molecule has 0 atom stereocenters. The van der Waals surface area contributed by atoms with E-state index in [0.717, 1.165) is 30.0 Å². The SMILES string of the molecule is CC(=O)c1sccc1C1=CCNCC1. The number of nitrogens with one attached hydrogen (secondary N) is 1. The van der Waals surface area contributed by atoms with Gasteiger partial charge in [0.05, 0.1) is 4.88 Å². The highest BCUT2D eigenvalue weighted by Gasteiger charge is 2.13. The number of Topliss-reactive ketones (excluding diaryl/α,β-unsaturated/α-hetero) is 1. The molecule has 0 aliphatic carbocycles. The molecule has 0 radical (unpaired) electrons. The lowest BCUT2D eigenvalue weighted by atomic mass is 10.00. The van der Waals surface area contributed by atoms with E-state index in [1.165, 1.54) is 5.57 Å². The lowest BCUT2D eigenvalue weighted by Crippen LogP contribution is -2.20. The molecule has 1 aliphatic rings. The molecule has 0 aromatic carbocycles. The molecule has 0 unspecified atom stereocenters. The third kappa shape index (κ3) is 1.79. The van der Waals surface area contributed by atoms with Gasteiger partial charge in [-0.3, -0.25) is 4.79 Å². The number of carbonyl (C=O) groups is 1. The van der Waals surface area contributed by atoms with Gasteiger partial charge in [-0.25, -0.2) is 0 Å². The van der Waals surface area contributed by atoms with Crippen molar-refractivity contribution >= 4 is 22.7 Å². The Kier molecular flexibility index (Phi) is 2.79. The topological polar surface area (TPSA) is 29.1 Å². The van der Waals surface area contributed by atoms with Crippen LogP contribution in [0.2, 0.25) is 0 Å². The Morgan fingerprint density at radius 1 is 1.57 bits per heavy atom. The Hall–Kier alpha value is -0.930. The molecule has 2 nitrogen and oxygen atoms in total. The molecule has 0 fully saturated rings. The third-order valence-corrected chi connectivity index (χ3v) is 3.41. The monoisotopic (exact) mass is 207 g/mol. The lowest BCUT2D eigenvalue weighted by molar-refractivity contribution is 0.102. The summed E-state index contributed by atoms with van der Waals surface area (Å²) in [6, 6.07) is 2.05. The summed E-state index contributed by atoms with van der Waals surface area (Å²) in [5.41, 5.74) is 2.46. The smallest absolute Gasteiger partial charge is 0.170 e. The van der Waals surface area contributed by atoms with Crippen LogP contribution in [0.25, 0.3) is 5.57 Å². The molecule has 2 rings (SSSR count). The molecule has 3 heteroatoms. The van der Waals surface area contributed by atoms with Crippen molar-refractivity contribution in [1.82, 2.24) is 5.32 Å². The van der Waals surface area contributed by atoms with Crippen LogP contribution in [-0.2, 0) is 0 Å². The van der Waals surface area contributed by atoms with Crippen molar-refractivity contribution in [3.63, 3.8) is 0 Å². The van der Waals surface area contributed by atoms with E-state index in [1.54, 1.807) is 18.3 Å². The standard InChI is InChI=1S/C11H13NOS/c1-8(13)11-10(4-7-14-11)9-2-5-12-6-3-9/h2,4,7,12H,3,5-6H2,1H3. The fraction of sp³-hybridized carbons (Fsp3) is 0.364. The van der Waals surface area contributed by atoms with Gasteiger partial charge >= 0.3 is 0 Å². The van der Waals surface area contributed by atoms with Crippen molar-refractivity contribution < 1.29 is 4.79 Å². The van der Waals surface area contributed by atoms with Crippen molar-refractivity contribution in [2.24, 2.45) is 0 Å². The molecule has 1 aromatic rings. The first-order chi connectivity index (χ1) is 6.79. The number of hydrogen-bond donors (Lipinski definition) is 1. The van der Waals surface area contributed by atoms with Crippen LogP contribution in [0.1, 0.15) is 28.6 Å². The maximum atomic E-state index is 11.3. The van der Waals surface area contributed by atoms with Crippen LogP contribution < -0.4 is 5.32 Å². The van der Waals surface area contributed by atoms with E-state index in [4.69, 9.17) is 0 Å². The predicted molar refractivity (Wildman–Crippen MR) is 59.8 cm³/mol. The first kappa shape index (κ1) is 9.62. The minimum absolute atomic E-state index is 0.175. The molecule has 1 N–H and O–H groups in total. The predicted octanol–water partition coefficient (Wildman–Crippen LogP) is 2.33. The lowest BCUT2D eigenvalue weighted by Gasteiger charge is -2.13. The zero-order valence-corrected chi connectivity index (χ0v) is 8.99. The maximum Gasteiger partial charge on any atom is 0.170 e. The van der Waals surface area contributed by atoms with Crippen LogP contribution in [-0.4, -0.2) is 18.9 Å². The first-order valence-corrected chi connectivity index (χ1v) is 5.65. The molecule has 1 aliphatic heterocycles. The summed E-state index contributed by atoms with van der Waals surface area (Å²) in [7, 11) is 0. The van der Waals surface area contributed by atoms with Gasteiger partial charge < -0.3 is 5.32 Å². The molecule has 14 heavy (non-hydrogen) atoms. The van der Waals surface area contributed by atoms with Crippen LogP contribution in [0.3, 0.4) is 0 Å². The van der Waals surface area contributed by atoms with Crippen LogP contribution in [0.5, 0.6) is 0 Å². The van der Waals surface area contributed by atoms with Gasteiger partial charge in [-0.15, -0.1) is 11.3 Å². The van der Waals surface area contributed by atoms with E-state index in [1.807, 2.05) is 5.38 Å². The Morgan fingerprint density at radius 2 is 2.43 bits per heavy atom. The Bertz CT molecular complexity index is 378. The number of hydrogen-bond acceptors (Lipinski definition) is 3. The summed E-state index contributed by atoms with van der Waals surface area (Å²) >= 11 is 1.54. The average molecular weight is 207 g/mol. The third-order valence-electron chi connectivity index (χ3n) is 2.39. The van der Waals surface area contributed by atoms with E-state index in [-0.39, 0.29) is 5.78 Å². The van der Waals surface area contributed by atoms with E-state index in [0.29, 0.717) is 0 Å². The fourth-order valence-corrected chi connectivity index (χ4v) is 2.53. The molecule has 0 amide bonds. The van der Waals surface area contributed by atoms with Gasteiger partial charge in [-0.2, -0.15) is 0 Å². The van der Waals surface area contributed by atoms with Gasteiger partial charge in [0, 0.05) is 6.54 Å². The van der Waals surface area contributed by atoms with E-state index in [2.05, 4.69) is 17.5 Å². The quantitative estimate of drug-likeness (QED) is 0.754. The molecule has 0 saturated heterocycles. The van der Waals surface area contributed by atoms with Gasteiger partial charge in [0.1, 0.15) is 0 Å². The summed E-state index contributed by atoms with van der Waals surface area (Å²) in [6.07, 6.45) is 3.20. The van der Waals surface area contributed by atoms with Gasteiger partial charge in [0.15, 0.2) is 5.78 Å². The minimum atomic E-state index is 0.175. The molecular weight excluding hydrogens is 194 g/mol. The summed E-state index contributed by atoms with van der Waals surface area (Å²) in [5, 5.41) is 5.26. The van der Waals surface area contributed by atoms with Crippen molar-refractivity contribution in [2.45, 2.75) is 13.3 Å². The van der Waals surface area contributed by atoms with E-state index in [9.17, 15) is 4.79 Å². The summed E-state index contributed by atoms with van der Waals surface area (Å²) in [5.74, 6) is 0.175. The average Bonchev–Trinajstić information content (AvgIpc) is 2.67. The summed E-state index contributed by atoms with van der Waals surface area (Å²) in [4.78, 5) is 12.2. The molecule has 0 bridgehead atoms. The van der Waals surface area contributed by atoms with Gasteiger partial charge in [0.2, 0.25) is 0 Å². The molecule has 1 aromatic heterocycles. The van der Waals surface area contributed by atoms with Crippen molar-refractivity contribution in [2.75, 3.05) is 13.1 Å². The summed E-state index contributed by atoms with van der Waals surface area (Å²) in [6.45, 7) is 3.57. The highest BCUT2D eigenvalue weighted by molar-refractivity contribution is 7.12. The zero-order chi connectivity index (χ0) is 9.97. The van der Waals surface area contributed by atoms with Crippen LogP contribution >= 0.6 is 11.3 Å². The second-order valence-corrected chi connectivity index (χ2v) is 4.32. The molecule has 74 valence electrons. The molecular formula is C11H13NOS. The van der Waals surface area contributed by atoms with Crippen LogP contribution in [0, 0.1) is 0 Å². The molecule has 2 heterocycles. The van der Waals surface area contributed by atoms with Crippen molar-refractivity contribution in [3.8, 4) is 0 Å². The Labute approximate surface area is 87.6 Å². The molecule has 0 spiro atoms. The van der Waals surface area contributed by atoms with E-state index >= 15 is 0 Å². The van der Waals surface area contributed by atoms with E-state index < -0.39 is 0 Å². The maximum absolute atomic E-state index is 11.3. The van der Waals surface area contributed by atoms with Crippen LogP contribution in [0.4, 0.5) is 0 Å². The van der Waals surface area contributed by atoms with Crippen molar-refractivity contribution in [1.29, 1.82) is 0 Å².